The summed E-state index contributed by atoms with van der Waals surface area (Å²) in [5.41, 5.74) is 5.74. The molecule has 0 fully saturated rings. The van der Waals surface area contributed by atoms with E-state index in [1.165, 1.54) is 6.20 Å². The Morgan fingerprint density at radius 2 is 2.27 bits per heavy atom. The minimum absolute atomic E-state index is 0.0251. The molecule has 6 heteroatoms. The summed E-state index contributed by atoms with van der Waals surface area (Å²) in [5, 5.41) is 12.1. The molecule has 1 aromatic rings. The fraction of sp³-hybridized carbons (Fsp3) is 0.444. The van der Waals surface area contributed by atoms with Gasteiger partial charge in [-0.1, -0.05) is 19.0 Å². The van der Waals surface area contributed by atoms with Crippen molar-refractivity contribution in [3.63, 3.8) is 0 Å². The van der Waals surface area contributed by atoms with E-state index in [1.807, 2.05) is 0 Å². The number of thioether (sulfide) groups is 1. The average Bonchev–Trinajstić information content (AvgIpc) is 2.26. The highest BCUT2D eigenvalue weighted by molar-refractivity contribution is 7.99. The molecule has 0 saturated heterocycles. The van der Waals surface area contributed by atoms with Crippen LogP contribution >= 0.6 is 11.8 Å². The summed E-state index contributed by atoms with van der Waals surface area (Å²) < 4.78 is 0. The minimum atomic E-state index is -0.0251. The first kappa shape index (κ1) is 11.8. The topological polar surface area (TPSA) is 84.4 Å². The van der Waals surface area contributed by atoms with Gasteiger partial charge in [0, 0.05) is 5.75 Å². The lowest BCUT2D eigenvalue weighted by atomic mass is 10.3. The molecule has 1 rings (SSSR count). The second-order valence-electron chi connectivity index (χ2n) is 3.43. The number of nitrogens with two attached hydrogens (primary N) is 1. The summed E-state index contributed by atoms with van der Waals surface area (Å²) in [6, 6.07) is 0. The van der Waals surface area contributed by atoms with Crippen molar-refractivity contribution in [3.05, 3.63) is 18.1 Å². The zero-order valence-corrected chi connectivity index (χ0v) is 9.53. The molecule has 0 radical (unpaired) electrons. The van der Waals surface area contributed by atoms with Gasteiger partial charge in [0.05, 0.1) is 12.4 Å². The standard InChI is InChI=1S/C9H14N4OS/c1-6(2)5-15-8-4-11-7(3-12-8)9(10)13-14/h3-4,6,14H,5H2,1-2H3,(H2,10,13). The lowest BCUT2D eigenvalue weighted by Crippen LogP contribution is -2.15. The number of hydrogen-bond donors (Lipinski definition) is 2. The maximum Gasteiger partial charge on any atom is 0.190 e. The number of nitrogens with zero attached hydrogens (tertiary/aromatic N) is 3. The molecule has 0 bridgehead atoms. The largest absolute Gasteiger partial charge is 0.409 e. The van der Waals surface area contributed by atoms with Crippen LogP contribution in [0.1, 0.15) is 19.5 Å². The Bertz CT molecular complexity index is 336. The van der Waals surface area contributed by atoms with Gasteiger partial charge in [-0.3, -0.25) is 0 Å². The van der Waals surface area contributed by atoms with Gasteiger partial charge in [-0.25, -0.2) is 9.97 Å². The summed E-state index contributed by atoms with van der Waals surface area (Å²) in [6.07, 6.45) is 3.12. The van der Waals surface area contributed by atoms with E-state index in [0.717, 1.165) is 10.8 Å². The van der Waals surface area contributed by atoms with E-state index in [0.29, 0.717) is 11.6 Å². The fourth-order valence-electron chi connectivity index (χ4n) is 0.826. The number of aromatic nitrogens is 2. The van der Waals surface area contributed by atoms with Gasteiger partial charge < -0.3 is 10.9 Å². The number of oxime groups is 1. The van der Waals surface area contributed by atoms with Gasteiger partial charge in [-0.2, -0.15) is 0 Å². The SMILES string of the molecule is CC(C)CSc1cnc(C(N)=NO)cn1. The molecule has 0 saturated carbocycles. The van der Waals surface area contributed by atoms with Crippen LogP contribution in [0.3, 0.4) is 0 Å². The molecule has 15 heavy (non-hydrogen) atoms. The van der Waals surface area contributed by atoms with Gasteiger partial charge in [0.25, 0.3) is 0 Å². The van der Waals surface area contributed by atoms with E-state index in [1.54, 1.807) is 18.0 Å². The van der Waals surface area contributed by atoms with Gasteiger partial charge in [-0.15, -0.1) is 11.8 Å². The quantitative estimate of drug-likeness (QED) is 0.266. The Hall–Kier alpha value is -1.30. The third kappa shape index (κ3) is 3.75. The number of hydrogen-bond acceptors (Lipinski definition) is 5. The van der Waals surface area contributed by atoms with Crippen LogP contribution in [0.2, 0.25) is 0 Å². The Kier molecular flexibility index (Phi) is 4.36. The van der Waals surface area contributed by atoms with E-state index in [9.17, 15) is 0 Å². The third-order valence-electron chi connectivity index (χ3n) is 1.56. The molecule has 3 N–H and O–H groups in total. The van der Waals surface area contributed by atoms with Crippen LogP contribution in [0.15, 0.2) is 22.6 Å². The van der Waals surface area contributed by atoms with E-state index in [4.69, 9.17) is 10.9 Å². The van der Waals surface area contributed by atoms with Crippen LogP contribution < -0.4 is 5.73 Å². The van der Waals surface area contributed by atoms with Crippen molar-refractivity contribution in [1.82, 2.24) is 9.97 Å². The van der Waals surface area contributed by atoms with E-state index < -0.39 is 0 Å². The summed E-state index contributed by atoms with van der Waals surface area (Å²) in [5.74, 6) is 1.58. The van der Waals surface area contributed by atoms with Crippen LogP contribution in [0.25, 0.3) is 0 Å². The van der Waals surface area contributed by atoms with Gasteiger partial charge in [0.15, 0.2) is 5.84 Å². The molecule has 5 nitrogen and oxygen atoms in total. The lowest BCUT2D eigenvalue weighted by molar-refractivity contribution is 0.318. The molecule has 0 aliphatic rings. The van der Waals surface area contributed by atoms with Crippen molar-refractivity contribution >= 4 is 17.6 Å². The zero-order valence-electron chi connectivity index (χ0n) is 8.71. The normalized spacial score (nSPS) is 12.1. The van der Waals surface area contributed by atoms with Crippen LogP contribution in [0.5, 0.6) is 0 Å². The molecule has 0 atom stereocenters. The van der Waals surface area contributed by atoms with E-state index in [-0.39, 0.29) is 5.84 Å². The van der Waals surface area contributed by atoms with E-state index >= 15 is 0 Å². The third-order valence-corrected chi connectivity index (χ3v) is 2.90. The van der Waals surface area contributed by atoms with Gasteiger partial charge >= 0.3 is 0 Å². The predicted octanol–water partition coefficient (Wildman–Crippen LogP) is 1.32. The summed E-state index contributed by atoms with van der Waals surface area (Å²) >= 11 is 1.64. The van der Waals surface area contributed by atoms with Crippen molar-refractivity contribution in [3.8, 4) is 0 Å². The van der Waals surface area contributed by atoms with Crippen LogP contribution in [-0.2, 0) is 0 Å². The Morgan fingerprint density at radius 3 is 2.73 bits per heavy atom. The lowest BCUT2D eigenvalue weighted by Gasteiger charge is -2.03. The minimum Gasteiger partial charge on any atom is -0.409 e. The Balaban J connectivity index is 2.64. The molecule has 0 aliphatic carbocycles. The zero-order chi connectivity index (χ0) is 11.3. The van der Waals surface area contributed by atoms with Crippen molar-refractivity contribution in [2.45, 2.75) is 18.9 Å². The molecular formula is C9H14N4OS. The monoisotopic (exact) mass is 226 g/mol. The highest BCUT2D eigenvalue weighted by atomic mass is 32.2. The van der Waals surface area contributed by atoms with Crippen LogP contribution in [-0.4, -0.2) is 26.8 Å². The maximum atomic E-state index is 8.42. The molecule has 82 valence electrons. The molecule has 0 aromatic carbocycles. The molecule has 0 spiro atoms. The summed E-state index contributed by atoms with van der Waals surface area (Å²) in [4.78, 5) is 8.18. The van der Waals surface area contributed by atoms with Crippen molar-refractivity contribution in [2.24, 2.45) is 16.8 Å². The predicted molar refractivity (Wildman–Crippen MR) is 60.1 cm³/mol. The first-order valence-electron chi connectivity index (χ1n) is 4.56. The number of rotatable bonds is 4. The molecule has 1 aromatic heterocycles. The molecule has 1 heterocycles. The van der Waals surface area contributed by atoms with Gasteiger partial charge in [-0.05, 0) is 5.92 Å². The van der Waals surface area contributed by atoms with Crippen molar-refractivity contribution in [1.29, 1.82) is 0 Å². The first-order valence-corrected chi connectivity index (χ1v) is 5.54. The second kappa shape index (κ2) is 5.55. The molecule has 0 unspecified atom stereocenters. The Morgan fingerprint density at radius 1 is 1.53 bits per heavy atom. The van der Waals surface area contributed by atoms with Gasteiger partial charge in [0.2, 0.25) is 0 Å². The van der Waals surface area contributed by atoms with E-state index in [2.05, 4.69) is 29.0 Å². The highest BCUT2D eigenvalue weighted by Crippen LogP contribution is 2.16. The summed E-state index contributed by atoms with van der Waals surface area (Å²) in [6.45, 7) is 4.29. The molecular weight excluding hydrogens is 212 g/mol. The van der Waals surface area contributed by atoms with Crippen molar-refractivity contribution in [2.75, 3.05) is 5.75 Å². The molecule has 0 amide bonds. The van der Waals surface area contributed by atoms with Crippen molar-refractivity contribution < 1.29 is 5.21 Å². The highest BCUT2D eigenvalue weighted by Gasteiger charge is 2.03. The average molecular weight is 226 g/mol. The number of amidine groups is 1. The van der Waals surface area contributed by atoms with Gasteiger partial charge in [0.1, 0.15) is 10.7 Å². The Labute approximate surface area is 92.8 Å². The molecule has 0 aliphatic heterocycles. The van der Waals surface area contributed by atoms with Crippen LogP contribution in [0, 0.1) is 5.92 Å². The maximum absolute atomic E-state index is 8.42. The first-order chi connectivity index (χ1) is 7.13. The van der Waals surface area contributed by atoms with Crippen LogP contribution in [0.4, 0.5) is 0 Å². The fourth-order valence-corrected chi connectivity index (χ4v) is 1.58. The summed E-state index contributed by atoms with van der Waals surface area (Å²) in [7, 11) is 0. The smallest absolute Gasteiger partial charge is 0.190 e. The second-order valence-corrected chi connectivity index (χ2v) is 4.47.